The van der Waals surface area contributed by atoms with Crippen LogP contribution >= 0.6 is 23.2 Å². The molecule has 0 amide bonds. The Bertz CT molecular complexity index is 258. The third-order valence-corrected chi connectivity index (χ3v) is 1.82. The van der Waals surface area contributed by atoms with Crippen LogP contribution in [0.25, 0.3) is 0 Å². The largest absolute Gasteiger partial charge is 0.311 e. The van der Waals surface area contributed by atoms with Gasteiger partial charge in [0.25, 0.3) is 0 Å². The summed E-state index contributed by atoms with van der Waals surface area (Å²) < 4.78 is 0. The van der Waals surface area contributed by atoms with Gasteiger partial charge >= 0.3 is 0 Å². The van der Waals surface area contributed by atoms with Crippen LogP contribution in [0.15, 0.2) is 6.07 Å². The zero-order valence-electron chi connectivity index (χ0n) is 7.35. The molecule has 0 fully saturated rings. The van der Waals surface area contributed by atoms with Crippen LogP contribution < -0.4 is 5.32 Å². The summed E-state index contributed by atoms with van der Waals surface area (Å²) in [7, 11) is 0. The second kappa shape index (κ2) is 5.37. The van der Waals surface area contributed by atoms with Gasteiger partial charge in [0.2, 0.25) is 5.28 Å². The SMILES string of the molecule is CCCNCc1cc(Cl)nc(Cl)n1. The molecule has 1 aromatic rings. The second-order valence-corrected chi connectivity index (χ2v) is 3.35. The fourth-order valence-corrected chi connectivity index (χ4v) is 1.37. The van der Waals surface area contributed by atoms with E-state index in [-0.39, 0.29) is 5.28 Å². The Morgan fingerprint density at radius 3 is 2.77 bits per heavy atom. The monoisotopic (exact) mass is 219 g/mol. The molecule has 0 aliphatic heterocycles. The lowest BCUT2D eigenvalue weighted by molar-refractivity contribution is 0.663. The first-order valence-corrected chi connectivity index (χ1v) is 4.87. The minimum Gasteiger partial charge on any atom is -0.311 e. The molecule has 0 saturated heterocycles. The van der Waals surface area contributed by atoms with Gasteiger partial charge in [0.15, 0.2) is 0 Å². The Morgan fingerprint density at radius 1 is 1.38 bits per heavy atom. The van der Waals surface area contributed by atoms with Crippen molar-refractivity contribution in [3.63, 3.8) is 0 Å². The van der Waals surface area contributed by atoms with Crippen LogP contribution in [-0.2, 0) is 6.54 Å². The van der Waals surface area contributed by atoms with Gasteiger partial charge in [0.05, 0.1) is 5.69 Å². The molecular weight excluding hydrogens is 209 g/mol. The van der Waals surface area contributed by atoms with E-state index in [1.165, 1.54) is 0 Å². The van der Waals surface area contributed by atoms with Gasteiger partial charge in [-0.2, -0.15) is 0 Å². The lowest BCUT2D eigenvalue weighted by Gasteiger charge is -2.02. The highest BCUT2D eigenvalue weighted by Crippen LogP contribution is 2.10. The summed E-state index contributed by atoms with van der Waals surface area (Å²) in [4.78, 5) is 7.77. The predicted molar refractivity (Wildman–Crippen MR) is 54.0 cm³/mol. The van der Waals surface area contributed by atoms with E-state index < -0.39 is 0 Å². The van der Waals surface area contributed by atoms with Gasteiger partial charge in [-0.3, -0.25) is 0 Å². The van der Waals surface area contributed by atoms with Crippen molar-refractivity contribution in [2.24, 2.45) is 0 Å². The predicted octanol–water partition coefficient (Wildman–Crippen LogP) is 2.28. The van der Waals surface area contributed by atoms with Crippen LogP contribution in [0.1, 0.15) is 19.0 Å². The zero-order valence-corrected chi connectivity index (χ0v) is 8.86. The Kier molecular flexibility index (Phi) is 4.42. The van der Waals surface area contributed by atoms with Gasteiger partial charge in [0, 0.05) is 6.54 Å². The molecule has 1 heterocycles. The van der Waals surface area contributed by atoms with E-state index >= 15 is 0 Å². The van der Waals surface area contributed by atoms with Gasteiger partial charge in [-0.05, 0) is 30.6 Å². The topological polar surface area (TPSA) is 37.8 Å². The summed E-state index contributed by atoms with van der Waals surface area (Å²) in [6.07, 6.45) is 1.09. The lowest BCUT2D eigenvalue weighted by atomic mass is 10.4. The maximum atomic E-state index is 5.70. The molecule has 0 bridgehead atoms. The summed E-state index contributed by atoms with van der Waals surface area (Å²) in [5, 5.41) is 3.78. The molecule has 0 aromatic carbocycles. The Hall–Kier alpha value is -0.380. The molecule has 0 radical (unpaired) electrons. The standard InChI is InChI=1S/C8H11Cl2N3/c1-2-3-11-5-6-4-7(9)13-8(10)12-6/h4,11H,2-3,5H2,1H3. The maximum Gasteiger partial charge on any atom is 0.224 e. The number of nitrogens with one attached hydrogen (secondary N) is 1. The highest BCUT2D eigenvalue weighted by molar-refractivity contribution is 6.31. The fraction of sp³-hybridized carbons (Fsp3) is 0.500. The highest BCUT2D eigenvalue weighted by Gasteiger charge is 1.99. The third-order valence-electron chi connectivity index (χ3n) is 1.45. The molecule has 0 aliphatic carbocycles. The Balaban J connectivity index is 2.56. The van der Waals surface area contributed by atoms with Gasteiger partial charge in [-0.1, -0.05) is 18.5 Å². The minimum atomic E-state index is 0.195. The van der Waals surface area contributed by atoms with Crippen LogP contribution in [0.2, 0.25) is 10.4 Å². The van der Waals surface area contributed by atoms with E-state index in [0.717, 1.165) is 18.7 Å². The molecule has 0 atom stereocenters. The lowest BCUT2D eigenvalue weighted by Crippen LogP contribution is -2.14. The molecule has 1 aromatic heterocycles. The van der Waals surface area contributed by atoms with Crippen LogP contribution in [-0.4, -0.2) is 16.5 Å². The summed E-state index contributed by atoms with van der Waals surface area (Å²) in [6.45, 7) is 3.74. The van der Waals surface area contributed by atoms with Gasteiger partial charge in [-0.25, -0.2) is 9.97 Å². The van der Waals surface area contributed by atoms with Gasteiger partial charge < -0.3 is 5.32 Å². The van der Waals surface area contributed by atoms with Gasteiger partial charge in [0.1, 0.15) is 5.15 Å². The molecule has 0 spiro atoms. The van der Waals surface area contributed by atoms with Crippen molar-refractivity contribution in [1.82, 2.24) is 15.3 Å². The zero-order chi connectivity index (χ0) is 9.68. The minimum absolute atomic E-state index is 0.195. The first kappa shape index (κ1) is 10.7. The normalized spacial score (nSPS) is 10.4. The van der Waals surface area contributed by atoms with Crippen molar-refractivity contribution in [2.45, 2.75) is 19.9 Å². The molecule has 1 N–H and O–H groups in total. The maximum absolute atomic E-state index is 5.70. The van der Waals surface area contributed by atoms with E-state index in [1.807, 2.05) is 0 Å². The first-order valence-electron chi connectivity index (χ1n) is 4.12. The molecule has 3 nitrogen and oxygen atoms in total. The average molecular weight is 220 g/mol. The quantitative estimate of drug-likeness (QED) is 0.480. The van der Waals surface area contributed by atoms with Crippen molar-refractivity contribution in [2.75, 3.05) is 6.54 Å². The van der Waals surface area contributed by atoms with E-state index in [9.17, 15) is 0 Å². The molecule has 0 saturated carbocycles. The first-order chi connectivity index (χ1) is 6.22. The number of rotatable bonds is 4. The van der Waals surface area contributed by atoms with Crippen LogP contribution in [0.5, 0.6) is 0 Å². The van der Waals surface area contributed by atoms with E-state index in [0.29, 0.717) is 11.7 Å². The number of aromatic nitrogens is 2. The molecule has 0 unspecified atom stereocenters. The van der Waals surface area contributed by atoms with Crippen LogP contribution in [0.3, 0.4) is 0 Å². The van der Waals surface area contributed by atoms with E-state index in [1.54, 1.807) is 6.07 Å². The van der Waals surface area contributed by atoms with Crippen LogP contribution in [0.4, 0.5) is 0 Å². The fourth-order valence-electron chi connectivity index (χ4n) is 0.917. The summed E-state index contributed by atoms with van der Waals surface area (Å²) >= 11 is 11.3. The highest BCUT2D eigenvalue weighted by atomic mass is 35.5. The molecule has 0 aliphatic rings. The van der Waals surface area contributed by atoms with E-state index in [2.05, 4.69) is 22.2 Å². The third kappa shape index (κ3) is 3.89. The van der Waals surface area contributed by atoms with Crippen molar-refractivity contribution in [3.8, 4) is 0 Å². The van der Waals surface area contributed by atoms with E-state index in [4.69, 9.17) is 23.2 Å². The Labute approximate surface area is 87.5 Å². The summed E-state index contributed by atoms with van der Waals surface area (Å²) in [5.41, 5.74) is 0.818. The van der Waals surface area contributed by atoms with Crippen molar-refractivity contribution in [3.05, 3.63) is 22.2 Å². The molecule has 13 heavy (non-hydrogen) atoms. The number of nitrogens with zero attached hydrogens (tertiary/aromatic N) is 2. The summed E-state index contributed by atoms with van der Waals surface area (Å²) in [5.74, 6) is 0. The molecular formula is C8H11Cl2N3. The smallest absolute Gasteiger partial charge is 0.224 e. The average Bonchev–Trinajstić information content (AvgIpc) is 2.03. The number of hydrogen-bond donors (Lipinski definition) is 1. The number of hydrogen-bond acceptors (Lipinski definition) is 3. The second-order valence-electron chi connectivity index (χ2n) is 2.63. The van der Waals surface area contributed by atoms with Crippen molar-refractivity contribution < 1.29 is 0 Å². The molecule has 1 rings (SSSR count). The number of halogens is 2. The van der Waals surface area contributed by atoms with Crippen molar-refractivity contribution >= 4 is 23.2 Å². The van der Waals surface area contributed by atoms with Crippen LogP contribution in [0, 0.1) is 0 Å². The van der Waals surface area contributed by atoms with Crippen molar-refractivity contribution in [1.29, 1.82) is 0 Å². The summed E-state index contributed by atoms with van der Waals surface area (Å²) in [6, 6.07) is 1.70. The van der Waals surface area contributed by atoms with Gasteiger partial charge in [-0.15, -0.1) is 0 Å². The molecule has 5 heteroatoms. The molecule has 72 valence electrons. The Morgan fingerprint density at radius 2 is 2.15 bits per heavy atom.